The summed E-state index contributed by atoms with van der Waals surface area (Å²) in [5.74, 6) is -0.246. The molecule has 29 heavy (non-hydrogen) atoms. The minimum atomic E-state index is -3.43. The molecule has 0 saturated carbocycles. The molecule has 1 aromatic carbocycles. The summed E-state index contributed by atoms with van der Waals surface area (Å²) in [6, 6.07) is 9.03. The molecule has 8 heteroatoms. The highest BCUT2D eigenvalue weighted by molar-refractivity contribution is 7.89. The minimum Gasteiger partial charge on any atom is -0.349 e. The molecule has 2 heterocycles. The Morgan fingerprint density at radius 3 is 2.34 bits per heavy atom. The van der Waals surface area contributed by atoms with Crippen LogP contribution < -0.4 is 5.32 Å². The van der Waals surface area contributed by atoms with Gasteiger partial charge in [0.05, 0.1) is 5.25 Å². The van der Waals surface area contributed by atoms with E-state index in [0.29, 0.717) is 51.0 Å². The van der Waals surface area contributed by atoms with Gasteiger partial charge in [-0.3, -0.25) is 9.59 Å². The summed E-state index contributed by atoms with van der Waals surface area (Å²) in [5.41, 5.74) is 0.631. The predicted molar refractivity (Wildman–Crippen MR) is 112 cm³/mol. The number of likely N-dealkylation sites (tertiary alicyclic amines) is 1. The van der Waals surface area contributed by atoms with Gasteiger partial charge in [0.2, 0.25) is 15.9 Å². The minimum absolute atomic E-state index is 0.0298. The van der Waals surface area contributed by atoms with Crippen LogP contribution in [0, 0.1) is 5.92 Å². The molecule has 0 bridgehead atoms. The van der Waals surface area contributed by atoms with Crippen LogP contribution in [0.15, 0.2) is 43.0 Å². The van der Waals surface area contributed by atoms with Gasteiger partial charge in [0.1, 0.15) is 0 Å². The number of hydrogen-bond acceptors (Lipinski definition) is 4. The van der Waals surface area contributed by atoms with E-state index < -0.39 is 15.3 Å². The van der Waals surface area contributed by atoms with Crippen LogP contribution in [-0.4, -0.2) is 66.9 Å². The number of nitrogens with one attached hydrogen (secondary N) is 1. The molecule has 2 atom stereocenters. The summed E-state index contributed by atoms with van der Waals surface area (Å²) in [6.45, 7) is 7.10. The molecule has 2 unspecified atom stereocenters. The zero-order chi connectivity index (χ0) is 21.0. The third-order valence-corrected chi connectivity index (χ3v) is 8.28. The number of piperidine rings is 2. The maximum atomic E-state index is 13.1. The van der Waals surface area contributed by atoms with Crippen molar-refractivity contribution in [3.63, 3.8) is 0 Å². The Morgan fingerprint density at radius 1 is 1.10 bits per heavy atom. The average Bonchev–Trinajstić information content (AvgIpc) is 2.75. The van der Waals surface area contributed by atoms with Gasteiger partial charge < -0.3 is 10.2 Å². The Hall–Kier alpha value is -2.19. The van der Waals surface area contributed by atoms with Gasteiger partial charge in [-0.05, 0) is 43.4 Å². The largest absolute Gasteiger partial charge is 0.349 e. The van der Waals surface area contributed by atoms with Crippen LogP contribution in [0.4, 0.5) is 0 Å². The van der Waals surface area contributed by atoms with E-state index in [4.69, 9.17) is 0 Å². The maximum Gasteiger partial charge on any atom is 0.253 e. The van der Waals surface area contributed by atoms with Gasteiger partial charge >= 0.3 is 0 Å². The first-order chi connectivity index (χ1) is 13.8. The van der Waals surface area contributed by atoms with Gasteiger partial charge in [-0.25, -0.2) is 12.7 Å². The Morgan fingerprint density at radius 2 is 1.76 bits per heavy atom. The first-order valence-electron chi connectivity index (χ1n) is 10.1. The number of benzene rings is 1. The summed E-state index contributed by atoms with van der Waals surface area (Å²) >= 11 is 0. The average molecular weight is 420 g/mol. The van der Waals surface area contributed by atoms with E-state index in [-0.39, 0.29) is 23.8 Å². The van der Waals surface area contributed by atoms with Crippen LogP contribution in [0.25, 0.3) is 0 Å². The molecule has 2 amide bonds. The molecule has 2 aliphatic rings. The van der Waals surface area contributed by atoms with Crippen molar-refractivity contribution in [3.05, 3.63) is 48.6 Å². The fraction of sp³-hybridized carbons (Fsp3) is 0.524. The monoisotopic (exact) mass is 419 g/mol. The smallest absolute Gasteiger partial charge is 0.253 e. The normalized spacial score (nSPS) is 24.1. The van der Waals surface area contributed by atoms with E-state index in [0.717, 1.165) is 0 Å². The molecule has 158 valence electrons. The Balaban J connectivity index is 1.57. The van der Waals surface area contributed by atoms with E-state index in [9.17, 15) is 18.0 Å². The van der Waals surface area contributed by atoms with E-state index in [1.165, 1.54) is 6.08 Å². The zero-order valence-electron chi connectivity index (χ0n) is 16.8. The fourth-order valence-electron chi connectivity index (χ4n) is 4.13. The van der Waals surface area contributed by atoms with Crippen molar-refractivity contribution in [3.8, 4) is 0 Å². The molecule has 7 nitrogen and oxygen atoms in total. The van der Waals surface area contributed by atoms with E-state index in [1.54, 1.807) is 21.3 Å². The van der Waals surface area contributed by atoms with Crippen molar-refractivity contribution < 1.29 is 18.0 Å². The molecule has 1 aromatic rings. The topological polar surface area (TPSA) is 86.8 Å². The zero-order valence-corrected chi connectivity index (χ0v) is 17.6. The number of carbonyl (C=O) groups excluding carboxylic acids is 2. The lowest BCUT2D eigenvalue weighted by Gasteiger charge is -2.39. The number of hydrogen-bond donors (Lipinski definition) is 1. The highest BCUT2D eigenvalue weighted by atomic mass is 32.2. The predicted octanol–water partition coefficient (Wildman–Crippen LogP) is 1.63. The molecule has 1 N–H and O–H groups in total. The van der Waals surface area contributed by atoms with E-state index >= 15 is 0 Å². The van der Waals surface area contributed by atoms with Crippen molar-refractivity contribution in [2.75, 3.05) is 26.2 Å². The summed E-state index contributed by atoms with van der Waals surface area (Å²) in [7, 11) is -3.43. The summed E-state index contributed by atoms with van der Waals surface area (Å²) in [6.07, 6.45) is 2.72. The van der Waals surface area contributed by atoms with Crippen LogP contribution in [-0.2, 0) is 14.8 Å². The quantitative estimate of drug-likeness (QED) is 0.735. The van der Waals surface area contributed by atoms with Crippen molar-refractivity contribution in [1.82, 2.24) is 14.5 Å². The van der Waals surface area contributed by atoms with Crippen LogP contribution in [0.2, 0.25) is 0 Å². The van der Waals surface area contributed by atoms with Crippen LogP contribution in [0.5, 0.6) is 0 Å². The Kier molecular flexibility index (Phi) is 6.74. The van der Waals surface area contributed by atoms with E-state index in [1.807, 2.05) is 25.1 Å². The molecule has 0 radical (unpaired) electrons. The SMILES string of the molecule is C=CC(=O)NC1CCN(S(=O)(=O)C2CCN(C(=O)c3ccccc3)CC2)CC1C. The van der Waals surface area contributed by atoms with Crippen molar-refractivity contribution >= 4 is 21.8 Å². The van der Waals surface area contributed by atoms with Crippen LogP contribution in [0.3, 0.4) is 0 Å². The van der Waals surface area contributed by atoms with Crippen LogP contribution >= 0.6 is 0 Å². The maximum absolute atomic E-state index is 13.1. The molecule has 3 rings (SSSR count). The first-order valence-corrected chi connectivity index (χ1v) is 11.6. The Bertz CT molecular complexity index is 848. The Labute approximate surface area is 172 Å². The van der Waals surface area contributed by atoms with Gasteiger partial charge in [0, 0.05) is 37.8 Å². The van der Waals surface area contributed by atoms with E-state index in [2.05, 4.69) is 11.9 Å². The number of nitrogens with zero attached hydrogens (tertiary/aromatic N) is 2. The molecule has 0 aliphatic carbocycles. The first kappa shape index (κ1) is 21.5. The standard InChI is InChI=1S/C21H29N3O4S/c1-3-20(25)22-19-11-14-24(15-16(19)2)29(27,28)18-9-12-23(13-10-18)21(26)17-7-5-4-6-8-17/h3-8,16,18-19H,1,9-15H2,2H3,(H,22,25). The summed E-state index contributed by atoms with van der Waals surface area (Å²) in [4.78, 5) is 25.9. The molecule has 2 fully saturated rings. The number of rotatable bonds is 5. The second-order valence-corrected chi connectivity index (χ2v) is 10.1. The van der Waals surface area contributed by atoms with Gasteiger partial charge in [0.25, 0.3) is 5.91 Å². The lowest BCUT2D eigenvalue weighted by atomic mass is 9.95. The molecule has 0 aromatic heterocycles. The number of carbonyl (C=O) groups is 2. The summed E-state index contributed by atoms with van der Waals surface area (Å²) in [5, 5.41) is 2.42. The van der Waals surface area contributed by atoms with Crippen molar-refractivity contribution in [2.45, 2.75) is 37.5 Å². The molecular weight excluding hydrogens is 390 g/mol. The van der Waals surface area contributed by atoms with Gasteiger partial charge in [-0.15, -0.1) is 0 Å². The summed E-state index contributed by atoms with van der Waals surface area (Å²) < 4.78 is 27.8. The van der Waals surface area contributed by atoms with Crippen molar-refractivity contribution in [1.29, 1.82) is 0 Å². The fourth-order valence-corrected chi connectivity index (χ4v) is 6.16. The van der Waals surface area contributed by atoms with Gasteiger partial charge in [-0.2, -0.15) is 0 Å². The molecule has 2 aliphatic heterocycles. The third kappa shape index (κ3) is 4.87. The molecular formula is C21H29N3O4S. The molecule has 0 spiro atoms. The van der Waals surface area contributed by atoms with Crippen molar-refractivity contribution in [2.24, 2.45) is 5.92 Å². The van der Waals surface area contributed by atoms with Crippen LogP contribution in [0.1, 0.15) is 36.5 Å². The van der Waals surface area contributed by atoms with Gasteiger partial charge in [-0.1, -0.05) is 31.7 Å². The second-order valence-electron chi connectivity index (χ2n) is 7.85. The lowest BCUT2D eigenvalue weighted by Crippen LogP contribution is -2.54. The third-order valence-electron chi connectivity index (χ3n) is 5.91. The van der Waals surface area contributed by atoms with Gasteiger partial charge in [0.15, 0.2) is 0 Å². The highest BCUT2D eigenvalue weighted by Crippen LogP contribution is 2.27. The number of sulfonamides is 1. The number of amides is 2. The molecule has 2 saturated heterocycles. The second kappa shape index (κ2) is 9.09. The lowest BCUT2D eigenvalue weighted by molar-refractivity contribution is -0.117. The highest BCUT2D eigenvalue weighted by Gasteiger charge is 2.39.